The Morgan fingerprint density at radius 1 is 0.933 bits per heavy atom. The first-order valence-electron chi connectivity index (χ1n) is 3.80. The number of rotatable bonds is 3. The molecule has 84 valence electrons. The number of carbonyl (C=O) groups is 2. The van der Waals surface area contributed by atoms with Gasteiger partial charge in [0.05, 0.1) is 0 Å². The average molecular weight is 212 g/mol. The molecule has 0 aliphatic heterocycles. The Morgan fingerprint density at radius 3 is 1.07 bits per heavy atom. The van der Waals surface area contributed by atoms with Crippen molar-refractivity contribution in [1.82, 2.24) is 0 Å². The van der Waals surface area contributed by atoms with Crippen LogP contribution in [0.3, 0.4) is 0 Å². The van der Waals surface area contributed by atoms with Crippen LogP contribution in [0.15, 0.2) is 50.1 Å². The summed E-state index contributed by atoms with van der Waals surface area (Å²) >= 11 is 0. The SMILES string of the molecule is C=CC(=C)C.C=CC(=O)O.C=CC(=O)O. The summed E-state index contributed by atoms with van der Waals surface area (Å²) in [7, 11) is 0. The maximum atomic E-state index is 9.25. The van der Waals surface area contributed by atoms with Crippen molar-refractivity contribution in [2.45, 2.75) is 6.92 Å². The molecule has 0 spiro atoms. The zero-order valence-electron chi connectivity index (χ0n) is 8.77. The summed E-state index contributed by atoms with van der Waals surface area (Å²) in [5, 5.41) is 15.2. The number of carboxylic acid groups (broad SMARTS) is 2. The van der Waals surface area contributed by atoms with Gasteiger partial charge in [0.2, 0.25) is 0 Å². The van der Waals surface area contributed by atoms with E-state index in [2.05, 4.69) is 26.3 Å². The van der Waals surface area contributed by atoms with E-state index >= 15 is 0 Å². The fraction of sp³-hybridized carbons (Fsp3) is 0.0909. The van der Waals surface area contributed by atoms with E-state index in [1.807, 2.05) is 6.92 Å². The van der Waals surface area contributed by atoms with Crippen molar-refractivity contribution in [3.05, 3.63) is 50.1 Å². The van der Waals surface area contributed by atoms with Crippen LogP contribution in [0.5, 0.6) is 0 Å². The Morgan fingerprint density at radius 2 is 1.07 bits per heavy atom. The number of aliphatic carboxylic acids is 2. The minimum atomic E-state index is -0.981. The maximum absolute atomic E-state index is 9.25. The van der Waals surface area contributed by atoms with E-state index in [1.54, 1.807) is 6.08 Å². The molecule has 0 aromatic carbocycles. The Balaban J connectivity index is -0.000000144. The first-order chi connectivity index (χ1) is 6.81. The third-order valence-corrected chi connectivity index (χ3v) is 0.698. The van der Waals surface area contributed by atoms with Crippen LogP contribution < -0.4 is 0 Å². The lowest BCUT2D eigenvalue weighted by Crippen LogP contribution is -1.82. The van der Waals surface area contributed by atoms with Gasteiger partial charge in [0.1, 0.15) is 0 Å². The molecule has 0 fully saturated rings. The largest absolute Gasteiger partial charge is 0.478 e. The van der Waals surface area contributed by atoms with Gasteiger partial charge >= 0.3 is 11.9 Å². The third kappa shape index (κ3) is 76.7. The maximum Gasteiger partial charge on any atom is 0.327 e. The first kappa shape index (κ1) is 18.6. The van der Waals surface area contributed by atoms with E-state index in [4.69, 9.17) is 10.2 Å². The van der Waals surface area contributed by atoms with Gasteiger partial charge in [-0.15, -0.1) is 0 Å². The highest BCUT2D eigenvalue weighted by molar-refractivity contribution is 5.79. The fourth-order valence-electron chi connectivity index (χ4n) is 0. The quantitative estimate of drug-likeness (QED) is 0.555. The van der Waals surface area contributed by atoms with E-state index < -0.39 is 11.9 Å². The molecule has 0 aromatic heterocycles. The molecule has 0 rings (SSSR count). The topological polar surface area (TPSA) is 74.6 Å². The van der Waals surface area contributed by atoms with Crippen LogP contribution in [-0.2, 0) is 9.59 Å². The van der Waals surface area contributed by atoms with Crippen LogP contribution in [0.2, 0.25) is 0 Å². The second-order valence-corrected chi connectivity index (χ2v) is 2.14. The minimum absolute atomic E-state index is 0.833. The van der Waals surface area contributed by atoms with Crippen molar-refractivity contribution in [3.8, 4) is 0 Å². The number of hydrogen-bond donors (Lipinski definition) is 2. The minimum Gasteiger partial charge on any atom is -0.478 e. The summed E-state index contributed by atoms with van der Waals surface area (Å²) in [6, 6.07) is 0. The van der Waals surface area contributed by atoms with Crippen molar-refractivity contribution in [2.24, 2.45) is 0 Å². The van der Waals surface area contributed by atoms with Crippen LogP contribution in [-0.4, -0.2) is 22.2 Å². The molecule has 0 aromatic rings. The van der Waals surface area contributed by atoms with E-state index in [0.29, 0.717) is 0 Å². The molecule has 0 amide bonds. The predicted octanol–water partition coefficient (Wildman–Crippen LogP) is 2.26. The molecule has 0 bridgehead atoms. The molecular weight excluding hydrogens is 196 g/mol. The van der Waals surface area contributed by atoms with E-state index in [0.717, 1.165) is 17.7 Å². The molecular formula is C11H16O4. The van der Waals surface area contributed by atoms with Gasteiger partial charge in [-0.25, -0.2) is 9.59 Å². The van der Waals surface area contributed by atoms with E-state index in [9.17, 15) is 9.59 Å². The summed E-state index contributed by atoms with van der Waals surface area (Å²) in [6.45, 7) is 14.8. The molecule has 15 heavy (non-hydrogen) atoms. The lowest BCUT2D eigenvalue weighted by molar-refractivity contribution is -0.132. The summed E-state index contributed by atoms with van der Waals surface area (Å²) < 4.78 is 0. The first-order valence-corrected chi connectivity index (χ1v) is 3.80. The van der Waals surface area contributed by atoms with Gasteiger partial charge in [0, 0.05) is 12.2 Å². The molecule has 0 aliphatic rings. The summed E-state index contributed by atoms with van der Waals surface area (Å²) in [4.78, 5) is 18.5. The fourth-order valence-corrected chi connectivity index (χ4v) is 0. The van der Waals surface area contributed by atoms with Crippen LogP contribution in [0.1, 0.15) is 6.92 Å². The standard InChI is InChI=1S/C5H8.2C3H4O2/c1-4-5(2)3;2*1-2-3(4)5/h4H,1-2H2,3H3;2*2H,1H2,(H,4,5). The van der Waals surface area contributed by atoms with Gasteiger partial charge in [-0.1, -0.05) is 38.0 Å². The van der Waals surface area contributed by atoms with Gasteiger partial charge < -0.3 is 10.2 Å². The predicted molar refractivity (Wildman–Crippen MR) is 60.7 cm³/mol. The van der Waals surface area contributed by atoms with Crippen molar-refractivity contribution < 1.29 is 19.8 Å². The highest BCUT2D eigenvalue weighted by Crippen LogP contribution is 1.81. The number of hydrogen-bond acceptors (Lipinski definition) is 2. The molecule has 0 unspecified atom stereocenters. The van der Waals surface area contributed by atoms with E-state index in [1.165, 1.54) is 0 Å². The Hall–Kier alpha value is -2.10. The van der Waals surface area contributed by atoms with Gasteiger partial charge in [0.15, 0.2) is 0 Å². The van der Waals surface area contributed by atoms with E-state index in [-0.39, 0.29) is 0 Å². The number of allylic oxidation sites excluding steroid dienone is 2. The lowest BCUT2D eigenvalue weighted by Gasteiger charge is -1.71. The van der Waals surface area contributed by atoms with Gasteiger partial charge in [-0.2, -0.15) is 0 Å². The van der Waals surface area contributed by atoms with Crippen LogP contribution in [0.25, 0.3) is 0 Å². The molecule has 0 atom stereocenters. The van der Waals surface area contributed by atoms with Crippen LogP contribution >= 0.6 is 0 Å². The zero-order chi connectivity index (χ0) is 12.9. The van der Waals surface area contributed by atoms with Crippen molar-refractivity contribution in [3.63, 3.8) is 0 Å². The molecule has 0 radical (unpaired) electrons. The summed E-state index contributed by atoms with van der Waals surface area (Å²) in [5.74, 6) is -1.96. The third-order valence-electron chi connectivity index (χ3n) is 0.698. The van der Waals surface area contributed by atoms with Gasteiger partial charge in [-0.3, -0.25) is 0 Å². The number of carboxylic acids is 2. The smallest absolute Gasteiger partial charge is 0.327 e. The summed E-state index contributed by atoms with van der Waals surface area (Å²) in [5.41, 5.74) is 1.02. The Kier molecular flexibility index (Phi) is 17.9. The molecule has 0 saturated heterocycles. The van der Waals surface area contributed by atoms with Crippen LogP contribution in [0, 0.1) is 0 Å². The van der Waals surface area contributed by atoms with Crippen molar-refractivity contribution in [1.29, 1.82) is 0 Å². The highest BCUT2D eigenvalue weighted by Gasteiger charge is 1.73. The molecule has 2 N–H and O–H groups in total. The van der Waals surface area contributed by atoms with Gasteiger partial charge in [-0.05, 0) is 6.92 Å². The molecule has 4 heteroatoms. The second-order valence-electron chi connectivity index (χ2n) is 2.14. The van der Waals surface area contributed by atoms with Gasteiger partial charge in [0.25, 0.3) is 0 Å². The zero-order valence-corrected chi connectivity index (χ0v) is 8.77. The Bertz CT molecular complexity index is 209. The molecule has 0 aliphatic carbocycles. The second kappa shape index (κ2) is 14.4. The monoisotopic (exact) mass is 212 g/mol. The highest BCUT2D eigenvalue weighted by atomic mass is 16.4. The van der Waals surface area contributed by atoms with Crippen molar-refractivity contribution in [2.75, 3.05) is 0 Å². The summed E-state index contributed by atoms with van der Waals surface area (Å²) in [6.07, 6.45) is 3.39. The van der Waals surface area contributed by atoms with Crippen molar-refractivity contribution >= 4 is 11.9 Å². The normalized spacial score (nSPS) is 6.47. The van der Waals surface area contributed by atoms with Crippen LogP contribution in [0.4, 0.5) is 0 Å². The average Bonchev–Trinajstić information content (AvgIpc) is 2.19. The Labute approximate surface area is 89.6 Å². The molecule has 4 nitrogen and oxygen atoms in total. The molecule has 0 saturated carbocycles. The lowest BCUT2D eigenvalue weighted by atomic mass is 10.4. The molecule has 0 heterocycles.